The zero-order valence-electron chi connectivity index (χ0n) is 18.9. The number of amides is 2. The van der Waals surface area contributed by atoms with Crippen molar-refractivity contribution in [1.29, 1.82) is 0 Å². The first-order valence-electron chi connectivity index (χ1n) is 11.3. The largest absolute Gasteiger partial charge is 0.484 e. The first-order valence-corrected chi connectivity index (χ1v) is 12.1. The number of primary amides is 1. The number of carbonyl (C=O) groups is 3. The molecule has 10 heteroatoms. The molecule has 3 N–H and O–H groups in total. The molecule has 8 nitrogen and oxygen atoms in total. The molecule has 0 unspecified atom stereocenters. The lowest BCUT2D eigenvalue weighted by Crippen LogP contribution is -2.46. The maximum atomic E-state index is 14.7. The molecule has 2 amide bonds. The average Bonchev–Trinajstić information content (AvgIpc) is 3.77. The van der Waals surface area contributed by atoms with Crippen LogP contribution in [0.3, 0.4) is 0 Å². The SMILES string of the molecule is C[C@@H](Oc1ccc(C(=O)C2CC2)nc1)c1cc(-c2ccc(C(=O)NC3(C(N)=O)CC3)c(F)c2)ns1. The molecule has 0 radical (unpaired) electrons. The highest BCUT2D eigenvalue weighted by atomic mass is 32.1. The van der Waals surface area contributed by atoms with Crippen LogP contribution >= 0.6 is 11.5 Å². The molecule has 2 aliphatic rings. The molecule has 0 bridgehead atoms. The van der Waals surface area contributed by atoms with Crippen LogP contribution < -0.4 is 15.8 Å². The lowest BCUT2D eigenvalue weighted by Gasteiger charge is -2.14. The van der Waals surface area contributed by atoms with E-state index in [9.17, 15) is 18.8 Å². The van der Waals surface area contributed by atoms with Gasteiger partial charge in [0.2, 0.25) is 5.91 Å². The van der Waals surface area contributed by atoms with Crippen LogP contribution in [0, 0.1) is 11.7 Å². The van der Waals surface area contributed by atoms with E-state index in [1.165, 1.54) is 29.9 Å². The van der Waals surface area contributed by atoms with Crippen molar-refractivity contribution in [3.63, 3.8) is 0 Å². The number of Topliss-reactive ketones (excluding diaryl/α,β-unsaturated/α-hetero) is 1. The fourth-order valence-corrected chi connectivity index (χ4v) is 4.45. The Morgan fingerprint density at radius 3 is 2.57 bits per heavy atom. The minimum atomic E-state index is -1.06. The third-order valence-electron chi connectivity index (χ3n) is 6.26. The quantitative estimate of drug-likeness (QED) is 0.436. The van der Waals surface area contributed by atoms with Crippen molar-refractivity contribution in [2.45, 2.75) is 44.2 Å². The molecular weight excluding hydrogens is 471 g/mol. The molecule has 1 aromatic carbocycles. The Kier molecular flexibility index (Phi) is 5.84. The van der Waals surface area contributed by atoms with Gasteiger partial charge in [-0.3, -0.25) is 14.4 Å². The van der Waals surface area contributed by atoms with Crippen molar-refractivity contribution in [1.82, 2.24) is 14.7 Å². The molecule has 2 aromatic heterocycles. The van der Waals surface area contributed by atoms with Gasteiger partial charge in [0.05, 0.1) is 22.3 Å². The van der Waals surface area contributed by atoms with Crippen LogP contribution in [0.5, 0.6) is 5.75 Å². The van der Waals surface area contributed by atoms with Crippen LogP contribution in [0.15, 0.2) is 42.6 Å². The van der Waals surface area contributed by atoms with Gasteiger partial charge in [0, 0.05) is 11.5 Å². The van der Waals surface area contributed by atoms with Gasteiger partial charge in [-0.2, -0.15) is 4.37 Å². The third-order valence-corrected chi connectivity index (χ3v) is 7.21. The number of nitrogens with one attached hydrogen (secondary N) is 1. The zero-order chi connectivity index (χ0) is 24.7. The van der Waals surface area contributed by atoms with Gasteiger partial charge in [0.1, 0.15) is 28.9 Å². The van der Waals surface area contributed by atoms with Gasteiger partial charge in [-0.25, -0.2) is 9.37 Å². The zero-order valence-corrected chi connectivity index (χ0v) is 19.7. The number of ketones is 1. The van der Waals surface area contributed by atoms with Crippen molar-refractivity contribution in [2.24, 2.45) is 11.7 Å². The van der Waals surface area contributed by atoms with Crippen LogP contribution in [-0.4, -0.2) is 32.5 Å². The summed E-state index contributed by atoms with van der Waals surface area (Å²) in [6.07, 6.45) is 3.96. The lowest BCUT2D eigenvalue weighted by atomic mass is 10.1. The molecule has 0 spiro atoms. The number of nitrogens with zero attached hydrogens (tertiary/aromatic N) is 2. The molecular formula is C25H23FN4O4S. The van der Waals surface area contributed by atoms with Crippen molar-refractivity contribution >= 4 is 29.1 Å². The van der Waals surface area contributed by atoms with Crippen molar-refractivity contribution in [3.8, 4) is 17.0 Å². The first-order chi connectivity index (χ1) is 16.8. The Morgan fingerprint density at radius 1 is 1.20 bits per heavy atom. The fourth-order valence-electron chi connectivity index (χ4n) is 3.73. The molecule has 180 valence electrons. The minimum Gasteiger partial charge on any atom is -0.484 e. The highest BCUT2D eigenvalue weighted by Crippen LogP contribution is 2.36. The summed E-state index contributed by atoms with van der Waals surface area (Å²) in [6.45, 7) is 1.86. The van der Waals surface area contributed by atoms with E-state index < -0.39 is 23.2 Å². The topological polar surface area (TPSA) is 124 Å². The molecule has 3 aromatic rings. The number of hydrogen-bond donors (Lipinski definition) is 2. The van der Waals surface area contributed by atoms with Gasteiger partial charge >= 0.3 is 0 Å². The van der Waals surface area contributed by atoms with E-state index in [1.54, 1.807) is 24.3 Å². The summed E-state index contributed by atoms with van der Waals surface area (Å²) >= 11 is 1.23. The highest BCUT2D eigenvalue weighted by molar-refractivity contribution is 7.06. The van der Waals surface area contributed by atoms with Crippen LogP contribution in [0.25, 0.3) is 11.3 Å². The number of aromatic nitrogens is 2. The molecule has 35 heavy (non-hydrogen) atoms. The number of halogens is 1. The molecule has 2 fully saturated rings. The number of rotatable bonds is 9. The Morgan fingerprint density at radius 2 is 1.97 bits per heavy atom. The standard InChI is InChI=1S/C25H23FN4O4S/c1-13(34-16-5-7-19(28-12-16)22(31)14-2-3-14)21-11-20(30-35-21)15-4-6-17(18(26)10-15)23(32)29-25(8-9-25)24(27)33/h4-7,10-14H,2-3,8-9H2,1H3,(H2,27,33)(H,29,32)/t13-/m1/s1. The molecule has 2 saturated carbocycles. The number of hydrogen-bond acceptors (Lipinski definition) is 7. The summed E-state index contributed by atoms with van der Waals surface area (Å²) in [5.41, 5.74) is 5.60. The first kappa shape index (κ1) is 23.1. The maximum Gasteiger partial charge on any atom is 0.255 e. The van der Waals surface area contributed by atoms with Gasteiger partial charge in [-0.05, 0) is 74.5 Å². The van der Waals surface area contributed by atoms with Gasteiger partial charge in [-0.15, -0.1) is 0 Å². The predicted molar refractivity (Wildman–Crippen MR) is 126 cm³/mol. The van der Waals surface area contributed by atoms with Gasteiger partial charge in [0.25, 0.3) is 5.91 Å². The van der Waals surface area contributed by atoms with Crippen molar-refractivity contribution in [2.75, 3.05) is 0 Å². The molecule has 0 aliphatic heterocycles. The molecule has 2 aliphatic carbocycles. The summed E-state index contributed by atoms with van der Waals surface area (Å²) in [6, 6.07) is 9.41. The van der Waals surface area contributed by atoms with E-state index in [0.717, 1.165) is 17.7 Å². The second kappa shape index (κ2) is 8.84. The summed E-state index contributed by atoms with van der Waals surface area (Å²) in [4.78, 5) is 41.0. The molecule has 0 saturated heterocycles. The summed E-state index contributed by atoms with van der Waals surface area (Å²) in [7, 11) is 0. The van der Waals surface area contributed by atoms with Gasteiger partial charge < -0.3 is 15.8 Å². The second-order valence-corrected chi connectivity index (χ2v) is 9.82. The monoisotopic (exact) mass is 494 g/mol. The Balaban J connectivity index is 1.24. The minimum absolute atomic E-state index is 0.0762. The van der Waals surface area contributed by atoms with Crippen LogP contribution in [0.2, 0.25) is 0 Å². The highest BCUT2D eigenvalue weighted by Gasteiger charge is 2.50. The maximum absolute atomic E-state index is 14.7. The van der Waals surface area contributed by atoms with E-state index in [4.69, 9.17) is 10.5 Å². The summed E-state index contributed by atoms with van der Waals surface area (Å²) in [5, 5.41) is 2.54. The lowest BCUT2D eigenvalue weighted by molar-refractivity contribution is -0.120. The Hall–Kier alpha value is -3.66. The van der Waals surface area contributed by atoms with E-state index in [1.807, 2.05) is 6.92 Å². The van der Waals surface area contributed by atoms with Crippen molar-refractivity contribution in [3.05, 3.63) is 64.5 Å². The van der Waals surface area contributed by atoms with Crippen molar-refractivity contribution < 1.29 is 23.5 Å². The summed E-state index contributed by atoms with van der Waals surface area (Å²) in [5.74, 6) is -1.29. The van der Waals surface area contributed by atoms with Crippen LogP contribution in [0.1, 0.15) is 64.4 Å². The van der Waals surface area contributed by atoms with E-state index in [-0.39, 0.29) is 23.4 Å². The number of nitrogens with two attached hydrogens (primary N) is 1. The molecule has 2 heterocycles. The average molecular weight is 495 g/mol. The van der Waals surface area contributed by atoms with E-state index in [2.05, 4.69) is 14.7 Å². The smallest absolute Gasteiger partial charge is 0.255 e. The van der Waals surface area contributed by atoms with Crippen LogP contribution in [-0.2, 0) is 4.79 Å². The van der Waals surface area contributed by atoms with Gasteiger partial charge in [-0.1, -0.05) is 6.07 Å². The van der Waals surface area contributed by atoms with Gasteiger partial charge in [0.15, 0.2) is 5.78 Å². The third kappa shape index (κ3) is 4.79. The predicted octanol–water partition coefficient (Wildman–Crippen LogP) is 3.82. The number of pyridine rings is 1. The number of ether oxygens (including phenoxy) is 1. The number of carbonyl (C=O) groups excluding carboxylic acids is 3. The fraction of sp³-hybridized carbons (Fsp3) is 0.320. The van der Waals surface area contributed by atoms with Crippen LogP contribution in [0.4, 0.5) is 4.39 Å². The number of benzene rings is 1. The summed E-state index contributed by atoms with van der Waals surface area (Å²) < 4.78 is 25.1. The Bertz CT molecular complexity index is 1320. The van der Waals surface area contributed by atoms with E-state index in [0.29, 0.717) is 35.5 Å². The second-order valence-electron chi connectivity index (χ2n) is 8.99. The molecule has 1 atom stereocenters. The molecule has 5 rings (SSSR count). The Labute approximate surface area is 204 Å². The normalized spacial score (nSPS) is 16.9. The van der Waals surface area contributed by atoms with E-state index >= 15 is 0 Å².